The molecule has 1 atom stereocenters. The van der Waals surface area contributed by atoms with Gasteiger partial charge in [-0.3, -0.25) is 0 Å². The summed E-state index contributed by atoms with van der Waals surface area (Å²) in [6, 6.07) is 9.23. The minimum atomic E-state index is 0.373. The number of likely N-dealkylation sites (N-methyl/N-ethyl adjacent to an activating group) is 1. The molecule has 0 saturated carbocycles. The summed E-state index contributed by atoms with van der Waals surface area (Å²) in [4.78, 5) is 2.16. The van der Waals surface area contributed by atoms with Gasteiger partial charge in [0.25, 0.3) is 0 Å². The van der Waals surface area contributed by atoms with E-state index in [0.29, 0.717) is 6.04 Å². The smallest absolute Gasteiger partial charge is 0.0534 e. The van der Waals surface area contributed by atoms with Crippen LogP contribution in [0.4, 0.5) is 5.69 Å². The van der Waals surface area contributed by atoms with Gasteiger partial charge in [-0.05, 0) is 50.4 Å². The van der Waals surface area contributed by atoms with E-state index in [0.717, 1.165) is 0 Å². The highest BCUT2D eigenvalue weighted by atomic mass is 15.1. The predicted molar refractivity (Wildman–Crippen MR) is 83.7 cm³/mol. The molecule has 1 unspecified atom stereocenters. The summed E-state index contributed by atoms with van der Waals surface area (Å²) < 4.78 is 0. The van der Waals surface area contributed by atoms with Crippen LogP contribution in [0.2, 0.25) is 0 Å². The van der Waals surface area contributed by atoms with Crippen molar-refractivity contribution in [3.63, 3.8) is 0 Å². The molecule has 1 aromatic carbocycles. The van der Waals surface area contributed by atoms with Gasteiger partial charge in [0.1, 0.15) is 0 Å². The fourth-order valence-corrected chi connectivity index (χ4v) is 2.85. The van der Waals surface area contributed by atoms with E-state index in [-0.39, 0.29) is 0 Å². The van der Waals surface area contributed by atoms with E-state index in [1.54, 1.807) is 5.57 Å². The van der Waals surface area contributed by atoms with E-state index < -0.39 is 0 Å². The van der Waals surface area contributed by atoms with Crippen LogP contribution in [0.5, 0.6) is 0 Å². The Bertz CT molecular complexity index is 435. The predicted octanol–water partition coefficient (Wildman–Crippen LogP) is 3.90. The van der Waals surface area contributed by atoms with Gasteiger partial charge < -0.3 is 10.2 Å². The van der Waals surface area contributed by atoms with Crippen molar-refractivity contribution in [2.45, 2.75) is 38.1 Å². The second kappa shape index (κ2) is 6.76. The first-order chi connectivity index (χ1) is 9.22. The molecule has 19 heavy (non-hydrogen) atoms. The van der Waals surface area contributed by atoms with Crippen LogP contribution in [0.1, 0.15) is 43.7 Å². The Morgan fingerprint density at radius 3 is 2.74 bits per heavy atom. The summed E-state index contributed by atoms with van der Waals surface area (Å²) in [5, 5.41) is 3.50. The summed E-state index contributed by atoms with van der Waals surface area (Å²) in [7, 11) is 6.26. The van der Waals surface area contributed by atoms with E-state index in [2.05, 4.69) is 61.7 Å². The van der Waals surface area contributed by atoms with Crippen molar-refractivity contribution in [1.82, 2.24) is 5.32 Å². The van der Waals surface area contributed by atoms with Crippen LogP contribution in [-0.4, -0.2) is 21.1 Å². The number of rotatable bonds is 4. The lowest BCUT2D eigenvalue weighted by molar-refractivity contribution is 0.628. The van der Waals surface area contributed by atoms with Gasteiger partial charge in [0, 0.05) is 19.8 Å². The lowest BCUT2D eigenvalue weighted by Gasteiger charge is -2.22. The summed E-state index contributed by atoms with van der Waals surface area (Å²) >= 11 is 0. The molecule has 2 nitrogen and oxygen atoms in total. The number of nitrogens with zero attached hydrogens (tertiary/aromatic N) is 1. The molecule has 2 rings (SSSR count). The van der Waals surface area contributed by atoms with E-state index in [9.17, 15) is 0 Å². The molecule has 0 aliphatic heterocycles. The maximum absolute atomic E-state index is 3.50. The third kappa shape index (κ3) is 3.60. The largest absolute Gasteiger partial charge is 0.378 e. The average molecular weight is 258 g/mol. The van der Waals surface area contributed by atoms with Crippen molar-refractivity contribution in [1.29, 1.82) is 0 Å². The molecule has 1 aromatic rings. The molecule has 0 aromatic heterocycles. The van der Waals surface area contributed by atoms with Gasteiger partial charge in [-0.1, -0.05) is 30.2 Å². The number of anilines is 1. The summed E-state index contributed by atoms with van der Waals surface area (Å²) in [5.74, 6) is 0. The van der Waals surface area contributed by atoms with Crippen LogP contribution >= 0.6 is 0 Å². The van der Waals surface area contributed by atoms with Gasteiger partial charge >= 0.3 is 0 Å². The van der Waals surface area contributed by atoms with Crippen molar-refractivity contribution >= 4 is 5.69 Å². The Labute approximate surface area is 117 Å². The third-order valence-corrected chi connectivity index (χ3v) is 3.96. The van der Waals surface area contributed by atoms with Gasteiger partial charge in [-0.15, -0.1) is 0 Å². The molecule has 104 valence electrons. The van der Waals surface area contributed by atoms with Crippen LogP contribution in [0.15, 0.2) is 35.9 Å². The van der Waals surface area contributed by atoms with E-state index in [1.165, 1.54) is 43.4 Å². The minimum Gasteiger partial charge on any atom is -0.378 e. The molecule has 0 heterocycles. The number of nitrogens with one attached hydrogen (secondary N) is 1. The van der Waals surface area contributed by atoms with Gasteiger partial charge in [-0.2, -0.15) is 0 Å². The SMILES string of the molecule is CNC(C1=CCCCCC1)c1cccc(N(C)C)c1. The van der Waals surface area contributed by atoms with Crippen molar-refractivity contribution in [2.75, 3.05) is 26.0 Å². The van der Waals surface area contributed by atoms with Crippen LogP contribution < -0.4 is 10.2 Å². The first kappa shape index (κ1) is 14.1. The monoisotopic (exact) mass is 258 g/mol. The molecular formula is C17H26N2. The molecule has 0 bridgehead atoms. The maximum atomic E-state index is 3.50. The second-order valence-electron chi connectivity index (χ2n) is 5.59. The maximum Gasteiger partial charge on any atom is 0.0534 e. The molecule has 1 aliphatic carbocycles. The van der Waals surface area contributed by atoms with E-state index in [4.69, 9.17) is 0 Å². The van der Waals surface area contributed by atoms with Gasteiger partial charge in [0.05, 0.1) is 6.04 Å². The molecule has 0 saturated heterocycles. The molecular weight excluding hydrogens is 232 g/mol. The molecule has 1 N–H and O–H groups in total. The Hall–Kier alpha value is -1.28. The molecule has 0 amide bonds. The van der Waals surface area contributed by atoms with Gasteiger partial charge in [0.2, 0.25) is 0 Å². The van der Waals surface area contributed by atoms with Crippen molar-refractivity contribution in [3.05, 3.63) is 41.5 Å². The second-order valence-corrected chi connectivity index (χ2v) is 5.59. The molecule has 0 spiro atoms. The van der Waals surface area contributed by atoms with E-state index in [1.807, 2.05) is 0 Å². The molecule has 0 fully saturated rings. The highest BCUT2D eigenvalue weighted by Crippen LogP contribution is 2.30. The summed E-state index contributed by atoms with van der Waals surface area (Å²) in [5.41, 5.74) is 4.21. The minimum absolute atomic E-state index is 0.373. The first-order valence-electron chi connectivity index (χ1n) is 7.36. The van der Waals surface area contributed by atoms with Crippen molar-refractivity contribution < 1.29 is 0 Å². The van der Waals surface area contributed by atoms with Gasteiger partial charge in [0.15, 0.2) is 0 Å². The third-order valence-electron chi connectivity index (χ3n) is 3.96. The Morgan fingerprint density at radius 2 is 2.00 bits per heavy atom. The average Bonchev–Trinajstić information content (AvgIpc) is 2.69. The zero-order valence-corrected chi connectivity index (χ0v) is 12.4. The summed E-state index contributed by atoms with van der Waals surface area (Å²) in [6.07, 6.45) is 8.97. The Morgan fingerprint density at radius 1 is 1.16 bits per heavy atom. The number of hydrogen-bond donors (Lipinski definition) is 1. The lowest BCUT2D eigenvalue weighted by atomic mass is 9.95. The van der Waals surface area contributed by atoms with Crippen LogP contribution in [0.3, 0.4) is 0 Å². The topological polar surface area (TPSA) is 15.3 Å². The standard InChI is InChI=1S/C17H26N2/c1-18-17(14-9-6-4-5-7-10-14)15-11-8-12-16(13-15)19(2)3/h8-9,11-13,17-18H,4-7,10H2,1-3H3. The first-order valence-corrected chi connectivity index (χ1v) is 7.36. The molecule has 2 heteroatoms. The fraction of sp³-hybridized carbons (Fsp3) is 0.529. The zero-order chi connectivity index (χ0) is 13.7. The lowest BCUT2D eigenvalue weighted by Crippen LogP contribution is -2.19. The molecule has 0 radical (unpaired) electrons. The van der Waals surface area contributed by atoms with Crippen molar-refractivity contribution in [2.24, 2.45) is 0 Å². The Kier molecular flexibility index (Phi) is 5.03. The van der Waals surface area contributed by atoms with Gasteiger partial charge in [-0.25, -0.2) is 0 Å². The molecule has 1 aliphatic rings. The van der Waals surface area contributed by atoms with Crippen molar-refractivity contribution in [3.8, 4) is 0 Å². The highest BCUT2D eigenvalue weighted by molar-refractivity contribution is 5.49. The highest BCUT2D eigenvalue weighted by Gasteiger charge is 2.16. The van der Waals surface area contributed by atoms with E-state index >= 15 is 0 Å². The van der Waals surface area contributed by atoms with Crippen LogP contribution in [0.25, 0.3) is 0 Å². The normalized spacial score (nSPS) is 17.5. The van der Waals surface area contributed by atoms with Crippen LogP contribution in [0, 0.1) is 0 Å². The number of benzene rings is 1. The zero-order valence-electron chi connectivity index (χ0n) is 12.4. The Balaban J connectivity index is 2.25. The number of hydrogen-bond acceptors (Lipinski definition) is 2. The number of allylic oxidation sites excluding steroid dienone is 1. The fourth-order valence-electron chi connectivity index (χ4n) is 2.85. The summed E-state index contributed by atoms with van der Waals surface area (Å²) in [6.45, 7) is 0. The quantitative estimate of drug-likeness (QED) is 0.824. The van der Waals surface area contributed by atoms with Crippen LogP contribution in [-0.2, 0) is 0 Å².